The van der Waals surface area contributed by atoms with Crippen LogP contribution in [0, 0.1) is 0 Å². The van der Waals surface area contributed by atoms with Crippen molar-refractivity contribution in [2.24, 2.45) is 0 Å². The molecule has 1 aliphatic rings. The van der Waals surface area contributed by atoms with E-state index in [0.29, 0.717) is 13.1 Å². The number of hydrogen-bond acceptors (Lipinski definition) is 5. The summed E-state index contributed by atoms with van der Waals surface area (Å²) < 4.78 is 10.5. The Morgan fingerprint density at radius 3 is 2.96 bits per heavy atom. The number of methoxy groups -OCH3 is 1. The normalized spacial score (nSPS) is 17.6. The van der Waals surface area contributed by atoms with Gasteiger partial charge < -0.3 is 14.1 Å². The molecule has 0 N–H and O–H groups in total. The summed E-state index contributed by atoms with van der Waals surface area (Å²) >= 11 is 1.54. The summed E-state index contributed by atoms with van der Waals surface area (Å²) in [6.07, 6.45) is 1.94. The second-order valence-electron chi connectivity index (χ2n) is 6.32. The molecule has 2 heterocycles. The lowest BCUT2D eigenvalue weighted by Crippen LogP contribution is -2.45. The Balaban J connectivity index is 1.60. The smallest absolute Gasteiger partial charge is 0.320 e. The number of nitrogens with zero attached hydrogens (tertiary/aromatic N) is 1. The summed E-state index contributed by atoms with van der Waals surface area (Å²) in [5.41, 5.74) is 1.67. The number of hydrogen-bond donors (Lipinski definition) is 0. The minimum absolute atomic E-state index is 0.00911. The largest absolute Gasteiger partial charge is 0.468 e. The summed E-state index contributed by atoms with van der Waals surface area (Å²) in [5.74, 6) is 0.475. The highest BCUT2D eigenvalue weighted by Crippen LogP contribution is 2.30. The molecule has 1 amide bonds. The Morgan fingerprint density at radius 2 is 2.12 bits per heavy atom. The van der Waals surface area contributed by atoms with Crippen molar-refractivity contribution in [3.8, 4) is 0 Å². The number of rotatable bonds is 3. The first kappa shape index (κ1) is 17.0. The molecule has 0 aliphatic carbocycles. The molecule has 1 fully saturated rings. The highest BCUT2D eigenvalue weighted by Gasteiger charge is 2.30. The van der Waals surface area contributed by atoms with E-state index in [4.69, 9.17) is 9.15 Å². The van der Waals surface area contributed by atoms with Gasteiger partial charge in [-0.3, -0.25) is 9.59 Å². The molecular formula is C20H19NO4S. The standard InChI is InChI=1S/C20H19NO4S/c1-24-20(23)17-11-21(8-9-26-17)18(22)10-14-12-25-16-7-6-13-4-2-3-5-15(13)19(14)16/h2-7,12,17H,8-11H2,1H3/t17-/m0/s1. The third-order valence-electron chi connectivity index (χ3n) is 4.76. The lowest BCUT2D eigenvalue weighted by atomic mass is 10.0. The van der Waals surface area contributed by atoms with Gasteiger partial charge in [0, 0.05) is 29.8 Å². The molecule has 134 valence electrons. The van der Waals surface area contributed by atoms with E-state index in [2.05, 4.69) is 6.07 Å². The Labute approximate surface area is 155 Å². The van der Waals surface area contributed by atoms with Gasteiger partial charge in [0.05, 0.1) is 19.8 Å². The summed E-state index contributed by atoms with van der Waals surface area (Å²) in [6, 6.07) is 12.1. The van der Waals surface area contributed by atoms with Gasteiger partial charge in [0.2, 0.25) is 5.91 Å². The summed E-state index contributed by atoms with van der Waals surface area (Å²) in [6.45, 7) is 1.04. The fourth-order valence-electron chi connectivity index (χ4n) is 3.43. The molecule has 1 saturated heterocycles. The van der Waals surface area contributed by atoms with E-state index in [0.717, 1.165) is 33.1 Å². The number of furan rings is 1. The number of amides is 1. The van der Waals surface area contributed by atoms with Crippen LogP contribution in [-0.2, 0) is 20.7 Å². The van der Waals surface area contributed by atoms with Gasteiger partial charge in [0.1, 0.15) is 10.8 Å². The summed E-state index contributed by atoms with van der Waals surface area (Å²) in [7, 11) is 1.38. The van der Waals surface area contributed by atoms with Crippen molar-refractivity contribution in [2.75, 3.05) is 26.0 Å². The van der Waals surface area contributed by atoms with Crippen LogP contribution in [0.2, 0.25) is 0 Å². The lowest BCUT2D eigenvalue weighted by molar-refractivity contribution is -0.141. The molecule has 1 atom stereocenters. The van der Waals surface area contributed by atoms with Crippen LogP contribution in [0.1, 0.15) is 5.56 Å². The molecule has 1 aliphatic heterocycles. The van der Waals surface area contributed by atoms with E-state index in [9.17, 15) is 9.59 Å². The van der Waals surface area contributed by atoms with Crippen molar-refractivity contribution in [3.05, 3.63) is 48.2 Å². The van der Waals surface area contributed by atoms with Crippen LogP contribution >= 0.6 is 11.8 Å². The highest BCUT2D eigenvalue weighted by atomic mass is 32.2. The van der Waals surface area contributed by atoms with Gasteiger partial charge in [-0.25, -0.2) is 0 Å². The molecule has 0 bridgehead atoms. The predicted octanol–water partition coefficient (Wildman–Crippen LogP) is 3.25. The zero-order valence-electron chi connectivity index (χ0n) is 14.4. The molecule has 0 unspecified atom stereocenters. The molecule has 2 aromatic carbocycles. The fraction of sp³-hybridized carbons (Fsp3) is 0.300. The van der Waals surface area contributed by atoms with E-state index < -0.39 is 0 Å². The highest BCUT2D eigenvalue weighted by molar-refractivity contribution is 8.00. The van der Waals surface area contributed by atoms with E-state index in [-0.39, 0.29) is 23.5 Å². The molecule has 6 heteroatoms. The SMILES string of the molecule is COC(=O)[C@@H]1CN(C(=O)Cc2coc3ccc4ccccc4c23)CCS1. The minimum Gasteiger partial charge on any atom is -0.468 e. The maximum atomic E-state index is 12.8. The summed E-state index contributed by atoms with van der Waals surface area (Å²) in [5, 5.41) is 2.89. The third-order valence-corrected chi connectivity index (χ3v) is 5.93. The first-order chi connectivity index (χ1) is 12.7. The van der Waals surface area contributed by atoms with Gasteiger partial charge >= 0.3 is 5.97 Å². The van der Waals surface area contributed by atoms with Crippen LogP contribution in [0.25, 0.3) is 21.7 Å². The third kappa shape index (κ3) is 3.05. The van der Waals surface area contributed by atoms with Crippen LogP contribution in [-0.4, -0.2) is 48.0 Å². The molecule has 3 aromatic rings. The first-order valence-corrected chi connectivity index (χ1v) is 9.57. The number of thioether (sulfide) groups is 1. The average Bonchev–Trinajstić information content (AvgIpc) is 3.10. The molecule has 0 saturated carbocycles. The predicted molar refractivity (Wildman–Crippen MR) is 102 cm³/mol. The number of benzene rings is 2. The first-order valence-electron chi connectivity index (χ1n) is 8.52. The molecule has 0 spiro atoms. The topological polar surface area (TPSA) is 59.8 Å². The molecule has 5 nitrogen and oxygen atoms in total. The molecular weight excluding hydrogens is 350 g/mol. The quantitative estimate of drug-likeness (QED) is 0.664. The van der Waals surface area contributed by atoms with Crippen molar-refractivity contribution in [3.63, 3.8) is 0 Å². The fourth-order valence-corrected chi connectivity index (χ4v) is 4.56. The molecule has 26 heavy (non-hydrogen) atoms. The summed E-state index contributed by atoms with van der Waals surface area (Å²) in [4.78, 5) is 26.4. The number of esters is 1. The lowest BCUT2D eigenvalue weighted by Gasteiger charge is -2.31. The van der Waals surface area contributed by atoms with E-state index in [1.807, 2.05) is 30.3 Å². The van der Waals surface area contributed by atoms with Crippen LogP contribution in [0.15, 0.2) is 47.1 Å². The van der Waals surface area contributed by atoms with Crippen molar-refractivity contribution in [1.82, 2.24) is 4.90 Å². The van der Waals surface area contributed by atoms with E-state index >= 15 is 0 Å². The van der Waals surface area contributed by atoms with E-state index in [1.165, 1.54) is 7.11 Å². The van der Waals surface area contributed by atoms with Crippen molar-refractivity contribution < 1.29 is 18.7 Å². The second-order valence-corrected chi connectivity index (χ2v) is 7.63. The maximum Gasteiger partial charge on any atom is 0.320 e. The van der Waals surface area contributed by atoms with Crippen molar-refractivity contribution in [1.29, 1.82) is 0 Å². The number of carbonyl (C=O) groups is 2. The van der Waals surface area contributed by atoms with E-state index in [1.54, 1.807) is 22.9 Å². The second kappa shape index (κ2) is 7.03. The van der Waals surface area contributed by atoms with Gasteiger partial charge in [-0.05, 0) is 16.8 Å². The molecule has 4 rings (SSSR count). The zero-order valence-corrected chi connectivity index (χ0v) is 15.3. The number of carbonyl (C=O) groups excluding carboxylic acids is 2. The van der Waals surface area contributed by atoms with Gasteiger partial charge in [-0.1, -0.05) is 30.3 Å². The molecule has 0 radical (unpaired) electrons. The van der Waals surface area contributed by atoms with Gasteiger partial charge in [-0.2, -0.15) is 0 Å². The van der Waals surface area contributed by atoms with Crippen LogP contribution in [0.4, 0.5) is 0 Å². The van der Waals surface area contributed by atoms with Crippen LogP contribution < -0.4 is 0 Å². The molecule has 1 aromatic heterocycles. The van der Waals surface area contributed by atoms with Crippen LogP contribution in [0.5, 0.6) is 0 Å². The van der Waals surface area contributed by atoms with Crippen LogP contribution in [0.3, 0.4) is 0 Å². The Hall–Kier alpha value is -2.47. The maximum absolute atomic E-state index is 12.8. The zero-order chi connectivity index (χ0) is 18.1. The Morgan fingerprint density at radius 1 is 1.27 bits per heavy atom. The monoisotopic (exact) mass is 369 g/mol. The Kier molecular flexibility index (Phi) is 4.59. The minimum atomic E-state index is -0.306. The number of ether oxygens (including phenoxy) is 1. The van der Waals surface area contributed by atoms with Crippen molar-refractivity contribution >= 4 is 45.4 Å². The number of fused-ring (bicyclic) bond motifs is 3. The van der Waals surface area contributed by atoms with Gasteiger partial charge in [0.15, 0.2) is 0 Å². The van der Waals surface area contributed by atoms with Gasteiger partial charge in [-0.15, -0.1) is 11.8 Å². The van der Waals surface area contributed by atoms with Crippen molar-refractivity contribution in [2.45, 2.75) is 11.7 Å². The van der Waals surface area contributed by atoms with Gasteiger partial charge in [0.25, 0.3) is 0 Å². The Bertz CT molecular complexity index is 980. The average molecular weight is 369 g/mol.